The molecule has 0 saturated carbocycles. The molecule has 10 rings (SSSR count). The zero-order valence-electron chi connectivity index (χ0n) is 29.3. The first-order valence-corrected chi connectivity index (χ1v) is 18.2. The van der Waals surface area contributed by atoms with E-state index < -0.39 is 0 Å². The number of nitrogens with zero attached hydrogens (tertiary/aromatic N) is 3. The van der Waals surface area contributed by atoms with E-state index in [9.17, 15) is 0 Å². The quantitative estimate of drug-likeness (QED) is 0.181. The molecule has 1 N–H and O–H groups in total. The Labute approximate surface area is 313 Å². The normalized spacial score (nSPS) is 14.1. The molecule has 54 heavy (non-hydrogen) atoms. The van der Waals surface area contributed by atoms with Crippen molar-refractivity contribution in [1.29, 1.82) is 0 Å². The second-order valence-corrected chi connectivity index (χ2v) is 13.5. The zero-order valence-corrected chi connectivity index (χ0v) is 29.3. The summed E-state index contributed by atoms with van der Waals surface area (Å²) in [5.74, 6) is 1.37. The van der Waals surface area contributed by atoms with Gasteiger partial charge in [0.1, 0.15) is 23.2 Å². The van der Waals surface area contributed by atoms with E-state index in [-0.39, 0.29) is 6.17 Å². The van der Waals surface area contributed by atoms with Crippen LogP contribution in [-0.2, 0) is 0 Å². The van der Waals surface area contributed by atoms with E-state index in [4.69, 9.17) is 14.4 Å². The van der Waals surface area contributed by atoms with Crippen molar-refractivity contribution in [3.8, 4) is 11.1 Å². The van der Waals surface area contributed by atoms with E-state index in [0.717, 1.165) is 61.1 Å². The van der Waals surface area contributed by atoms with E-state index in [1.807, 2.05) is 36.4 Å². The van der Waals surface area contributed by atoms with Gasteiger partial charge in [-0.25, -0.2) is 9.98 Å². The molecule has 0 bridgehead atoms. The fourth-order valence-corrected chi connectivity index (χ4v) is 7.47. The van der Waals surface area contributed by atoms with E-state index >= 15 is 0 Å². The first kappa shape index (κ1) is 31.5. The molecule has 1 unspecified atom stereocenters. The van der Waals surface area contributed by atoms with Gasteiger partial charge in [-0.15, -0.1) is 0 Å². The highest BCUT2D eigenvalue weighted by Crippen LogP contribution is 2.44. The van der Waals surface area contributed by atoms with Crippen LogP contribution in [0.25, 0.3) is 43.8 Å². The topological polar surface area (TPSA) is 53.1 Å². The molecule has 0 spiro atoms. The molecule has 0 saturated heterocycles. The fourth-order valence-electron chi connectivity index (χ4n) is 7.47. The van der Waals surface area contributed by atoms with Crippen LogP contribution in [0.5, 0.6) is 0 Å². The maximum atomic E-state index is 6.83. The van der Waals surface area contributed by atoms with Crippen molar-refractivity contribution in [2.45, 2.75) is 6.17 Å². The van der Waals surface area contributed by atoms with Crippen molar-refractivity contribution in [1.82, 2.24) is 5.32 Å². The van der Waals surface area contributed by atoms with Crippen LogP contribution < -0.4 is 10.2 Å². The number of rotatable bonds is 7. The summed E-state index contributed by atoms with van der Waals surface area (Å²) in [6.45, 7) is 0. The molecule has 1 aliphatic heterocycles. The Morgan fingerprint density at radius 2 is 1.15 bits per heavy atom. The van der Waals surface area contributed by atoms with Crippen molar-refractivity contribution >= 4 is 61.4 Å². The largest absolute Gasteiger partial charge is 0.455 e. The molecular weight excluding hydrogens is 661 g/mol. The van der Waals surface area contributed by atoms with E-state index in [1.165, 1.54) is 16.5 Å². The summed E-state index contributed by atoms with van der Waals surface area (Å²) in [4.78, 5) is 12.7. The minimum Gasteiger partial charge on any atom is -0.455 e. The highest BCUT2D eigenvalue weighted by Gasteiger charge is 2.27. The Morgan fingerprint density at radius 1 is 0.519 bits per heavy atom. The molecule has 2 heterocycles. The van der Waals surface area contributed by atoms with Gasteiger partial charge in [0.05, 0.1) is 16.6 Å². The lowest BCUT2D eigenvalue weighted by Gasteiger charge is -2.27. The number of furan rings is 1. The number of nitrogens with one attached hydrogen (secondary N) is 1. The maximum absolute atomic E-state index is 6.83. The molecule has 1 aromatic heterocycles. The van der Waals surface area contributed by atoms with Gasteiger partial charge in [0.15, 0.2) is 5.84 Å². The molecule has 1 aliphatic rings. The van der Waals surface area contributed by atoms with Gasteiger partial charge >= 0.3 is 0 Å². The van der Waals surface area contributed by atoms with Crippen molar-refractivity contribution in [2.24, 2.45) is 9.98 Å². The van der Waals surface area contributed by atoms with Crippen LogP contribution in [0, 0.1) is 0 Å². The minimum atomic E-state index is -0.344. The molecule has 1 atom stereocenters. The molecule has 0 aliphatic carbocycles. The zero-order chi connectivity index (χ0) is 35.8. The molecule has 9 aromatic rings. The second kappa shape index (κ2) is 13.4. The predicted octanol–water partition coefficient (Wildman–Crippen LogP) is 12.4. The summed E-state index contributed by atoms with van der Waals surface area (Å²) in [6, 6.07) is 67.5. The van der Waals surface area contributed by atoms with Crippen molar-refractivity contribution in [3.05, 3.63) is 211 Å². The van der Waals surface area contributed by atoms with E-state index in [0.29, 0.717) is 11.7 Å². The number of aliphatic imine (C=N–C) groups is 2. The van der Waals surface area contributed by atoms with E-state index in [1.54, 1.807) is 0 Å². The molecule has 256 valence electrons. The number of para-hydroxylation sites is 2. The van der Waals surface area contributed by atoms with Crippen LogP contribution in [0.4, 0.5) is 17.1 Å². The SMILES string of the molecule is c1ccc(-c2ccc(N(c3ccccc3)c3ccc(C4=NC(c5ccc6ccccc6c5)=NC(c5ccccc5)N4)c4oc5ccccc5c34)cc2)cc1. The molecular formula is C49H34N4O. The average molecular weight is 695 g/mol. The summed E-state index contributed by atoms with van der Waals surface area (Å²) in [6.07, 6.45) is -0.344. The Balaban J connectivity index is 1.16. The number of fused-ring (bicyclic) bond motifs is 4. The Bertz CT molecular complexity index is 2840. The standard InChI is InChI=1S/C49H34N4O/c1-4-14-33(15-5-1)35-26-28-40(29-27-35)53(39-20-8-3-9-21-39)43-31-30-42(46-45(43)41-22-12-13-23-44(41)54-46)49-51-47(36-17-6-2-7-18-36)50-48(52-49)38-25-24-34-16-10-11-19-37(34)32-38/h1-32,47H,(H,50,51,52). The first-order valence-electron chi connectivity index (χ1n) is 18.2. The number of anilines is 3. The number of hydrogen-bond acceptors (Lipinski definition) is 5. The summed E-state index contributed by atoms with van der Waals surface area (Å²) in [5.41, 5.74) is 9.90. The Kier molecular flexibility index (Phi) is 7.81. The lowest BCUT2D eigenvalue weighted by atomic mass is 10.0. The summed E-state index contributed by atoms with van der Waals surface area (Å²) >= 11 is 0. The summed E-state index contributed by atoms with van der Waals surface area (Å²) < 4.78 is 6.83. The van der Waals surface area contributed by atoms with Crippen LogP contribution in [-0.4, -0.2) is 11.7 Å². The van der Waals surface area contributed by atoms with Crippen LogP contribution in [0.2, 0.25) is 0 Å². The highest BCUT2D eigenvalue weighted by molar-refractivity contribution is 6.22. The Morgan fingerprint density at radius 3 is 1.94 bits per heavy atom. The smallest absolute Gasteiger partial charge is 0.159 e. The van der Waals surface area contributed by atoms with E-state index in [2.05, 4.69) is 168 Å². The van der Waals surface area contributed by atoms with Crippen LogP contribution in [0.1, 0.15) is 22.9 Å². The lowest BCUT2D eigenvalue weighted by molar-refractivity contribution is 0.659. The molecule has 0 radical (unpaired) electrons. The van der Waals surface area contributed by atoms with Gasteiger partial charge in [0, 0.05) is 22.3 Å². The van der Waals surface area contributed by atoms with Crippen LogP contribution >= 0.6 is 0 Å². The molecule has 5 heteroatoms. The van der Waals surface area contributed by atoms with Gasteiger partial charge in [-0.3, -0.25) is 0 Å². The van der Waals surface area contributed by atoms with Crippen molar-refractivity contribution < 1.29 is 4.42 Å². The minimum absolute atomic E-state index is 0.344. The summed E-state index contributed by atoms with van der Waals surface area (Å²) in [5, 5.41) is 8.05. The lowest BCUT2D eigenvalue weighted by Crippen LogP contribution is -2.33. The number of amidine groups is 2. The summed E-state index contributed by atoms with van der Waals surface area (Å²) in [7, 11) is 0. The van der Waals surface area contributed by atoms with Crippen LogP contribution in [0.15, 0.2) is 209 Å². The first-order chi connectivity index (χ1) is 26.8. The van der Waals surface area contributed by atoms with Crippen LogP contribution in [0.3, 0.4) is 0 Å². The van der Waals surface area contributed by atoms with Gasteiger partial charge < -0.3 is 14.6 Å². The molecule has 5 nitrogen and oxygen atoms in total. The van der Waals surface area contributed by atoms with Gasteiger partial charge in [0.25, 0.3) is 0 Å². The molecule has 0 fully saturated rings. The van der Waals surface area contributed by atoms with Gasteiger partial charge in [-0.2, -0.15) is 0 Å². The average Bonchev–Trinajstić information content (AvgIpc) is 3.65. The van der Waals surface area contributed by atoms with Gasteiger partial charge in [-0.1, -0.05) is 146 Å². The van der Waals surface area contributed by atoms with Crippen molar-refractivity contribution in [2.75, 3.05) is 4.90 Å². The third-order valence-corrected chi connectivity index (χ3v) is 10.1. The molecule has 0 amide bonds. The third-order valence-electron chi connectivity index (χ3n) is 10.1. The monoisotopic (exact) mass is 694 g/mol. The predicted molar refractivity (Wildman–Crippen MR) is 223 cm³/mol. The molecule has 8 aromatic carbocycles. The van der Waals surface area contributed by atoms with Gasteiger partial charge in [0.2, 0.25) is 0 Å². The second-order valence-electron chi connectivity index (χ2n) is 13.5. The maximum Gasteiger partial charge on any atom is 0.159 e. The number of hydrogen-bond donors (Lipinski definition) is 1. The number of benzene rings is 8. The van der Waals surface area contributed by atoms with Crippen molar-refractivity contribution in [3.63, 3.8) is 0 Å². The highest BCUT2D eigenvalue weighted by atomic mass is 16.3. The fraction of sp³-hybridized carbons (Fsp3) is 0.0204. The Hall–Kier alpha value is -7.24. The third kappa shape index (κ3) is 5.69. The van der Waals surface area contributed by atoms with Gasteiger partial charge in [-0.05, 0) is 76.0 Å².